The summed E-state index contributed by atoms with van der Waals surface area (Å²) in [5.41, 5.74) is 0.285. The number of rotatable bonds is 1. The van der Waals surface area contributed by atoms with Gasteiger partial charge in [-0.15, -0.1) is 0 Å². The van der Waals surface area contributed by atoms with Gasteiger partial charge in [0, 0.05) is 24.3 Å². The summed E-state index contributed by atoms with van der Waals surface area (Å²) in [4.78, 5) is 12.4. The Morgan fingerprint density at radius 2 is 1.83 bits per heavy atom. The maximum Gasteiger partial charge on any atom is 0.385 e. The van der Waals surface area contributed by atoms with Gasteiger partial charge in [-0.05, 0) is 0 Å². The highest BCUT2D eigenvalue weighted by Crippen LogP contribution is 2.16. The van der Waals surface area contributed by atoms with Crippen LogP contribution in [0.5, 0.6) is 0 Å². The van der Waals surface area contributed by atoms with Gasteiger partial charge in [0.05, 0.1) is 4.92 Å². The second kappa shape index (κ2) is 4.26. The van der Waals surface area contributed by atoms with E-state index >= 15 is 0 Å². The molecule has 1 aromatic carbocycles. The second-order valence-corrected chi connectivity index (χ2v) is 1.87. The lowest BCUT2D eigenvalue weighted by molar-refractivity contribution is -0.384. The molecule has 0 aromatic heterocycles. The fraction of sp³-hybridized carbons (Fsp3) is 0. The first kappa shape index (κ1) is 10.3. The maximum atomic E-state index is 10.1. The third-order valence-corrected chi connectivity index (χ3v) is 1.18. The molecule has 62 valence electrons. The molecule has 0 saturated heterocycles. The van der Waals surface area contributed by atoms with Gasteiger partial charge in [0.15, 0.2) is 4.98 Å². The third-order valence-electron chi connectivity index (χ3n) is 1.18. The smallest absolute Gasteiger partial charge is 0.385 e. The number of hydrogen-bond donors (Lipinski definition) is 0. The Hall–Kier alpha value is -1.67. The Morgan fingerprint density at radius 1 is 1.33 bits per heavy atom. The van der Waals surface area contributed by atoms with Crippen LogP contribution in [0.1, 0.15) is 0 Å². The molecule has 0 radical (unpaired) electrons. The van der Waals surface area contributed by atoms with Crippen LogP contribution in [-0.4, -0.2) is 4.92 Å². The normalized spacial score (nSPS) is 7.92. The predicted molar refractivity (Wildman–Crippen MR) is 37.8 cm³/mol. The third kappa shape index (κ3) is 2.18. The van der Waals surface area contributed by atoms with E-state index in [1.807, 2.05) is 0 Å². The first-order valence-electron chi connectivity index (χ1n) is 2.83. The van der Waals surface area contributed by atoms with E-state index in [0.717, 1.165) is 0 Å². The highest BCUT2D eigenvalue weighted by Gasteiger charge is 2.08. The molecule has 0 unspecified atom stereocenters. The van der Waals surface area contributed by atoms with Crippen LogP contribution in [0.2, 0.25) is 0 Å². The molecule has 0 amide bonds. The Bertz CT molecular complexity index is 317. The molecule has 5 nitrogen and oxygen atoms in total. The van der Waals surface area contributed by atoms with Gasteiger partial charge in [0.1, 0.15) is 0 Å². The molecule has 0 heterocycles. The summed E-state index contributed by atoms with van der Waals surface area (Å²) >= 11 is 0. The summed E-state index contributed by atoms with van der Waals surface area (Å²) < 4.78 is 0. The number of nitro groups is 1. The average molecular weight is 186 g/mol. The minimum Gasteiger partial charge on any atom is -1.00 e. The van der Waals surface area contributed by atoms with Crippen LogP contribution in [0.4, 0.5) is 11.4 Å². The highest BCUT2D eigenvalue weighted by atomic mass is 35.5. The van der Waals surface area contributed by atoms with Crippen LogP contribution in [-0.2, 0) is 0 Å². The first-order chi connectivity index (χ1) is 5.24. The second-order valence-electron chi connectivity index (χ2n) is 1.87. The molecule has 0 bridgehead atoms. The fourth-order valence-electron chi connectivity index (χ4n) is 0.641. The minimum absolute atomic E-state index is 0. The summed E-state index contributed by atoms with van der Waals surface area (Å²) in [7, 11) is 0. The maximum absolute atomic E-state index is 10.1. The van der Waals surface area contributed by atoms with Crippen molar-refractivity contribution in [2.75, 3.05) is 0 Å². The van der Waals surface area contributed by atoms with E-state index in [9.17, 15) is 10.1 Å². The van der Waals surface area contributed by atoms with E-state index in [1.165, 1.54) is 24.3 Å². The fourth-order valence-corrected chi connectivity index (χ4v) is 0.641. The van der Waals surface area contributed by atoms with Crippen LogP contribution in [0.15, 0.2) is 24.3 Å². The Labute approximate surface area is 74.2 Å². The molecule has 0 aliphatic carbocycles. The quantitative estimate of drug-likeness (QED) is 0.323. The van der Waals surface area contributed by atoms with E-state index in [2.05, 4.69) is 4.98 Å². The lowest BCUT2D eigenvalue weighted by Crippen LogP contribution is -3.00. The predicted octanol–water partition coefficient (Wildman–Crippen LogP) is -0.917. The van der Waals surface area contributed by atoms with E-state index in [1.54, 1.807) is 0 Å². The van der Waals surface area contributed by atoms with Crippen molar-refractivity contribution in [2.24, 2.45) is 0 Å². The van der Waals surface area contributed by atoms with E-state index in [4.69, 9.17) is 5.39 Å². The number of diazo groups is 1. The molecule has 0 aliphatic heterocycles. The molecule has 0 saturated carbocycles. The Kier molecular flexibility index (Phi) is 3.67. The number of benzene rings is 1. The van der Waals surface area contributed by atoms with Crippen molar-refractivity contribution in [1.82, 2.24) is 0 Å². The molecule has 0 spiro atoms. The topological polar surface area (TPSA) is 71.3 Å². The van der Waals surface area contributed by atoms with Crippen molar-refractivity contribution in [3.05, 3.63) is 39.4 Å². The SMILES string of the molecule is N#[N+]c1ccc([N+](=O)[O-])cc1.[Cl-]. The van der Waals surface area contributed by atoms with E-state index in [0.29, 0.717) is 5.69 Å². The standard InChI is InChI=1S/C6H4N3O2.ClH/c7-8-5-1-3-6(4-2-5)9(10)11;/h1-4H;1H/q+1;/p-1. The summed E-state index contributed by atoms with van der Waals surface area (Å²) in [6.45, 7) is 0. The van der Waals surface area contributed by atoms with Crippen molar-refractivity contribution in [3.63, 3.8) is 0 Å². The zero-order valence-electron chi connectivity index (χ0n) is 5.85. The average Bonchev–Trinajstić information content (AvgIpc) is 2.05. The summed E-state index contributed by atoms with van der Waals surface area (Å²) in [5.74, 6) is 0. The van der Waals surface area contributed by atoms with Crippen molar-refractivity contribution in [3.8, 4) is 0 Å². The molecular formula is C6H4ClN3O2. The molecule has 6 heteroatoms. The van der Waals surface area contributed by atoms with E-state index < -0.39 is 4.92 Å². The van der Waals surface area contributed by atoms with Crippen LogP contribution in [0.25, 0.3) is 4.98 Å². The van der Waals surface area contributed by atoms with Gasteiger partial charge in [-0.25, -0.2) is 0 Å². The summed E-state index contributed by atoms with van der Waals surface area (Å²) in [6, 6.07) is 5.26. The Balaban J connectivity index is 0.00000121. The van der Waals surface area contributed by atoms with Gasteiger partial charge in [0.2, 0.25) is 5.39 Å². The monoisotopic (exact) mass is 185 g/mol. The molecule has 1 rings (SSSR count). The lowest BCUT2D eigenvalue weighted by atomic mass is 10.3. The summed E-state index contributed by atoms with van der Waals surface area (Å²) in [6.07, 6.45) is 0. The minimum atomic E-state index is -0.513. The zero-order chi connectivity index (χ0) is 8.27. The van der Waals surface area contributed by atoms with Gasteiger partial charge >= 0.3 is 5.69 Å². The molecule has 12 heavy (non-hydrogen) atoms. The largest absolute Gasteiger partial charge is 1.00 e. The number of halogens is 1. The number of nitrogens with zero attached hydrogens (tertiary/aromatic N) is 3. The van der Waals surface area contributed by atoms with Crippen LogP contribution >= 0.6 is 0 Å². The van der Waals surface area contributed by atoms with Crippen molar-refractivity contribution < 1.29 is 17.3 Å². The number of non-ortho nitro benzene ring substituents is 1. The van der Waals surface area contributed by atoms with Gasteiger partial charge < -0.3 is 12.4 Å². The number of nitro benzene ring substituents is 1. The molecule has 0 N–H and O–H groups in total. The summed E-state index contributed by atoms with van der Waals surface area (Å²) in [5, 5.41) is 18.3. The number of hydrogen-bond acceptors (Lipinski definition) is 3. The zero-order valence-corrected chi connectivity index (χ0v) is 6.60. The molecule has 0 fully saturated rings. The molecular weight excluding hydrogens is 182 g/mol. The lowest BCUT2D eigenvalue weighted by Gasteiger charge is -1.84. The van der Waals surface area contributed by atoms with Crippen LogP contribution in [0.3, 0.4) is 0 Å². The van der Waals surface area contributed by atoms with Gasteiger partial charge in [-0.1, -0.05) is 0 Å². The first-order valence-corrected chi connectivity index (χ1v) is 2.83. The van der Waals surface area contributed by atoms with E-state index in [-0.39, 0.29) is 18.1 Å². The van der Waals surface area contributed by atoms with Crippen LogP contribution < -0.4 is 12.4 Å². The van der Waals surface area contributed by atoms with Crippen molar-refractivity contribution >= 4 is 11.4 Å². The van der Waals surface area contributed by atoms with Gasteiger partial charge in [0.25, 0.3) is 5.69 Å². The Morgan fingerprint density at radius 3 is 2.17 bits per heavy atom. The molecule has 0 atom stereocenters. The van der Waals surface area contributed by atoms with Gasteiger partial charge in [-0.2, -0.15) is 0 Å². The van der Waals surface area contributed by atoms with Gasteiger partial charge in [-0.3, -0.25) is 10.1 Å². The van der Waals surface area contributed by atoms with Crippen molar-refractivity contribution in [2.45, 2.75) is 0 Å². The highest BCUT2D eigenvalue weighted by molar-refractivity contribution is 5.48. The molecule has 1 aromatic rings. The van der Waals surface area contributed by atoms with Crippen molar-refractivity contribution in [1.29, 1.82) is 5.39 Å². The van der Waals surface area contributed by atoms with Crippen LogP contribution in [0, 0.1) is 15.5 Å². The molecule has 0 aliphatic rings.